The van der Waals surface area contributed by atoms with Crippen LogP contribution in [0.3, 0.4) is 0 Å². The van der Waals surface area contributed by atoms with Gasteiger partial charge in [0.2, 0.25) is 0 Å². The van der Waals surface area contributed by atoms with Crippen molar-refractivity contribution in [3.8, 4) is 11.8 Å². The van der Waals surface area contributed by atoms with Crippen molar-refractivity contribution < 1.29 is 9.90 Å². The number of amides is 1. The molecule has 2 N–H and O–H groups in total. The number of carbonyl (C=O) groups is 1. The molecule has 0 aliphatic heterocycles. The number of aromatic nitrogens is 1. The lowest BCUT2D eigenvalue weighted by atomic mass is 10.1. The topological polar surface area (TPSA) is 95.1 Å². The Balaban J connectivity index is 2.81. The summed E-state index contributed by atoms with van der Waals surface area (Å²) in [7, 11) is 0. The molecule has 1 amide bonds. The number of carbonyl (C=O) groups excluding carboxylic acids is 1. The quantitative estimate of drug-likeness (QED) is 0.888. The molecule has 6 heteroatoms. The molecule has 0 saturated heterocycles. The predicted octanol–water partition coefficient (Wildman–Crippen LogP) is 1.49. The van der Waals surface area contributed by atoms with Crippen molar-refractivity contribution >= 4 is 16.8 Å². The first-order valence-electron chi connectivity index (χ1n) is 6.25. The van der Waals surface area contributed by atoms with Crippen molar-refractivity contribution in [1.29, 1.82) is 5.26 Å². The van der Waals surface area contributed by atoms with Gasteiger partial charge in [-0.2, -0.15) is 5.26 Å². The van der Waals surface area contributed by atoms with Gasteiger partial charge in [-0.15, -0.1) is 0 Å². The molecule has 0 atom stereocenters. The lowest BCUT2D eigenvalue weighted by Crippen LogP contribution is -2.31. The molecule has 0 spiro atoms. The summed E-state index contributed by atoms with van der Waals surface area (Å²) in [6.45, 7) is 3.50. The highest BCUT2D eigenvalue weighted by atomic mass is 16.3. The first kappa shape index (κ1) is 14.3. The molecule has 1 aromatic heterocycles. The number of rotatable bonds is 4. The summed E-state index contributed by atoms with van der Waals surface area (Å²) in [5.41, 5.74) is -0.516. The summed E-state index contributed by atoms with van der Waals surface area (Å²) in [6.07, 6.45) is 1.26. The van der Waals surface area contributed by atoms with Gasteiger partial charge < -0.3 is 15.0 Å². The van der Waals surface area contributed by atoms with Gasteiger partial charge in [0.25, 0.3) is 11.5 Å². The summed E-state index contributed by atoms with van der Waals surface area (Å²) < 4.78 is 1.32. The van der Waals surface area contributed by atoms with Gasteiger partial charge in [0.1, 0.15) is 11.3 Å². The van der Waals surface area contributed by atoms with Crippen LogP contribution in [0, 0.1) is 11.3 Å². The van der Waals surface area contributed by atoms with E-state index < -0.39 is 11.5 Å². The largest absolute Gasteiger partial charge is 0.506 e. The van der Waals surface area contributed by atoms with Crippen LogP contribution in [-0.4, -0.2) is 15.6 Å². The number of fused-ring (bicyclic) bond motifs is 1. The van der Waals surface area contributed by atoms with Crippen LogP contribution < -0.4 is 10.9 Å². The fraction of sp³-hybridized carbons (Fsp3) is 0.133. The lowest BCUT2D eigenvalue weighted by molar-refractivity contribution is 0.0966. The van der Waals surface area contributed by atoms with E-state index in [0.29, 0.717) is 10.9 Å². The number of hydrogen-bond acceptors (Lipinski definition) is 4. The highest BCUT2D eigenvalue weighted by Gasteiger charge is 2.21. The SMILES string of the molecule is C=CNC(=O)c1c(O)c2ccccc2n(CCC#N)c1=O. The second kappa shape index (κ2) is 5.92. The van der Waals surface area contributed by atoms with E-state index >= 15 is 0 Å². The molecule has 106 valence electrons. The van der Waals surface area contributed by atoms with Gasteiger partial charge >= 0.3 is 0 Å². The van der Waals surface area contributed by atoms with E-state index in [1.165, 1.54) is 4.57 Å². The molecule has 2 rings (SSSR count). The van der Waals surface area contributed by atoms with Gasteiger partial charge in [0.15, 0.2) is 0 Å². The molecule has 21 heavy (non-hydrogen) atoms. The second-order valence-electron chi connectivity index (χ2n) is 4.28. The third-order valence-electron chi connectivity index (χ3n) is 3.05. The molecule has 0 unspecified atom stereocenters. The lowest BCUT2D eigenvalue weighted by Gasteiger charge is -2.13. The Hall–Kier alpha value is -3.07. The number of pyridine rings is 1. The van der Waals surface area contributed by atoms with Crippen LogP contribution in [0.1, 0.15) is 16.8 Å². The van der Waals surface area contributed by atoms with E-state index in [9.17, 15) is 14.7 Å². The van der Waals surface area contributed by atoms with E-state index in [0.717, 1.165) is 6.20 Å². The Morgan fingerprint density at radius 1 is 1.48 bits per heavy atom. The standard InChI is InChI=1S/C15H13N3O3/c1-2-17-14(20)12-13(19)10-6-3-4-7-11(10)18(15(12)21)9-5-8-16/h2-4,6-7,19H,1,5,9H2,(H,17,20). The zero-order valence-electron chi connectivity index (χ0n) is 11.2. The predicted molar refractivity (Wildman–Crippen MR) is 77.8 cm³/mol. The molecule has 0 saturated carbocycles. The maximum atomic E-state index is 12.4. The van der Waals surface area contributed by atoms with E-state index in [1.807, 2.05) is 6.07 Å². The minimum Gasteiger partial charge on any atom is -0.506 e. The normalized spacial score (nSPS) is 10.0. The van der Waals surface area contributed by atoms with Crippen molar-refractivity contribution in [2.75, 3.05) is 0 Å². The molecule has 0 fully saturated rings. The minimum absolute atomic E-state index is 0.122. The Morgan fingerprint density at radius 3 is 2.86 bits per heavy atom. The van der Waals surface area contributed by atoms with Crippen molar-refractivity contribution in [2.45, 2.75) is 13.0 Å². The third-order valence-corrected chi connectivity index (χ3v) is 3.05. The van der Waals surface area contributed by atoms with Crippen LogP contribution in [0.25, 0.3) is 10.9 Å². The van der Waals surface area contributed by atoms with Gasteiger partial charge in [0, 0.05) is 11.9 Å². The number of aryl methyl sites for hydroxylation is 1. The second-order valence-corrected chi connectivity index (χ2v) is 4.28. The van der Waals surface area contributed by atoms with Crippen LogP contribution >= 0.6 is 0 Å². The van der Waals surface area contributed by atoms with Crippen LogP contribution in [0.2, 0.25) is 0 Å². The summed E-state index contributed by atoms with van der Waals surface area (Å²) in [5.74, 6) is -1.10. The number of nitrogens with zero attached hydrogens (tertiary/aromatic N) is 2. The Kier molecular flexibility index (Phi) is 4.05. The summed E-state index contributed by atoms with van der Waals surface area (Å²) in [6, 6.07) is 8.63. The van der Waals surface area contributed by atoms with E-state index in [-0.39, 0.29) is 24.3 Å². The first-order valence-corrected chi connectivity index (χ1v) is 6.25. The minimum atomic E-state index is -0.732. The Bertz CT molecular complexity index is 815. The molecule has 0 radical (unpaired) electrons. The van der Waals surface area contributed by atoms with Crippen LogP contribution in [-0.2, 0) is 6.54 Å². The zero-order valence-corrected chi connectivity index (χ0v) is 11.2. The molecule has 1 aromatic carbocycles. The number of benzene rings is 1. The molecule has 1 heterocycles. The van der Waals surface area contributed by atoms with Crippen LogP contribution in [0.15, 0.2) is 41.8 Å². The Labute approximate surface area is 120 Å². The van der Waals surface area contributed by atoms with Gasteiger partial charge in [-0.25, -0.2) is 0 Å². The monoisotopic (exact) mass is 283 g/mol. The van der Waals surface area contributed by atoms with Gasteiger partial charge in [-0.3, -0.25) is 9.59 Å². The number of nitrogens with one attached hydrogen (secondary N) is 1. The molecule has 0 aliphatic carbocycles. The summed E-state index contributed by atoms with van der Waals surface area (Å²) in [4.78, 5) is 24.4. The number of aromatic hydroxyl groups is 1. The Morgan fingerprint density at radius 2 is 2.19 bits per heavy atom. The van der Waals surface area contributed by atoms with E-state index in [1.54, 1.807) is 24.3 Å². The molecule has 0 bridgehead atoms. The number of hydrogen-bond donors (Lipinski definition) is 2. The first-order chi connectivity index (χ1) is 10.1. The fourth-order valence-electron chi connectivity index (χ4n) is 2.14. The molecule has 0 aliphatic rings. The summed E-state index contributed by atoms with van der Waals surface area (Å²) >= 11 is 0. The highest BCUT2D eigenvalue weighted by molar-refractivity contribution is 6.02. The van der Waals surface area contributed by atoms with Gasteiger partial charge in [-0.05, 0) is 18.3 Å². The molecule has 2 aromatic rings. The fourth-order valence-corrected chi connectivity index (χ4v) is 2.14. The highest BCUT2D eigenvalue weighted by Crippen LogP contribution is 2.26. The average molecular weight is 283 g/mol. The van der Waals surface area contributed by atoms with Gasteiger partial charge in [0.05, 0.1) is 18.0 Å². The van der Waals surface area contributed by atoms with Crippen molar-refractivity contribution in [2.24, 2.45) is 0 Å². The van der Waals surface area contributed by atoms with E-state index in [2.05, 4.69) is 11.9 Å². The van der Waals surface area contributed by atoms with E-state index in [4.69, 9.17) is 5.26 Å². The van der Waals surface area contributed by atoms with Crippen LogP contribution in [0.5, 0.6) is 5.75 Å². The maximum absolute atomic E-state index is 12.4. The number of para-hydroxylation sites is 1. The zero-order chi connectivity index (χ0) is 15.4. The number of nitriles is 1. The smallest absolute Gasteiger partial charge is 0.267 e. The molecular weight excluding hydrogens is 270 g/mol. The van der Waals surface area contributed by atoms with Crippen molar-refractivity contribution in [1.82, 2.24) is 9.88 Å². The molecule has 6 nitrogen and oxygen atoms in total. The maximum Gasteiger partial charge on any atom is 0.267 e. The summed E-state index contributed by atoms with van der Waals surface area (Å²) in [5, 5.41) is 21.6. The van der Waals surface area contributed by atoms with Crippen molar-refractivity contribution in [3.05, 3.63) is 53.0 Å². The molecular formula is C15H13N3O3. The van der Waals surface area contributed by atoms with Crippen molar-refractivity contribution in [3.63, 3.8) is 0 Å². The third kappa shape index (κ3) is 2.49. The average Bonchev–Trinajstić information content (AvgIpc) is 2.47. The van der Waals surface area contributed by atoms with Crippen LogP contribution in [0.4, 0.5) is 0 Å². The van der Waals surface area contributed by atoms with Gasteiger partial charge in [-0.1, -0.05) is 18.7 Å².